The molecule has 2 rings (SSSR count). The van der Waals surface area contributed by atoms with Crippen molar-refractivity contribution in [3.8, 4) is 0 Å². The molecule has 1 saturated carbocycles. The average Bonchev–Trinajstić information content (AvgIpc) is 2.69. The molecule has 0 radical (unpaired) electrons. The van der Waals surface area contributed by atoms with Crippen LogP contribution in [0.3, 0.4) is 0 Å². The highest BCUT2D eigenvalue weighted by Crippen LogP contribution is 2.32. The van der Waals surface area contributed by atoms with E-state index in [1.165, 1.54) is 25.7 Å². The molecule has 0 aliphatic heterocycles. The van der Waals surface area contributed by atoms with Gasteiger partial charge in [-0.05, 0) is 25.8 Å². The summed E-state index contributed by atoms with van der Waals surface area (Å²) in [5.74, 6) is 0.877. The number of aldehydes is 1. The molecule has 0 aromatic carbocycles. The Labute approximate surface area is 83.6 Å². The highest BCUT2D eigenvalue weighted by atomic mass is 16.1. The molecule has 1 aromatic heterocycles. The number of carbonyl (C=O) groups is 1. The zero-order valence-corrected chi connectivity index (χ0v) is 8.36. The first-order valence-electron chi connectivity index (χ1n) is 5.10. The van der Waals surface area contributed by atoms with E-state index in [0.717, 1.165) is 17.7 Å². The fourth-order valence-corrected chi connectivity index (χ4v) is 2.10. The number of aromatic nitrogens is 2. The van der Waals surface area contributed by atoms with Gasteiger partial charge < -0.3 is 0 Å². The lowest BCUT2D eigenvalue weighted by atomic mass is 10.0. The van der Waals surface area contributed by atoms with Crippen molar-refractivity contribution in [1.82, 2.24) is 9.97 Å². The molecule has 0 atom stereocenters. The minimum absolute atomic E-state index is 0.326. The average molecular weight is 190 g/mol. The second-order valence-corrected chi connectivity index (χ2v) is 3.89. The fraction of sp³-hybridized carbons (Fsp3) is 0.545. The SMILES string of the molecule is Cc1cc(C2CCCC2)nc(C=O)n1. The van der Waals surface area contributed by atoms with Crippen LogP contribution < -0.4 is 0 Å². The Hall–Kier alpha value is -1.25. The van der Waals surface area contributed by atoms with Crippen molar-refractivity contribution in [1.29, 1.82) is 0 Å². The summed E-state index contributed by atoms with van der Waals surface area (Å²) in [4.78, 5) is 18.9. The first-order chi connectivity index (χ1) is 6.79. The van der Waals surface area contributed by atoms with Gasteiger partial charge in [-0.15, -0.1) is 0 Å². The van der Waals surface area contributed by atoms with Crippen molar-refractivity contribution in [2.45, 2.75) is 38.5 Å². The summed E-state index contributed by atoms with van der Waals surface area (Å²) in [6.45, 7) is 1.91. The van der Waals surface area contributed by atoms with Crippen LogP contribution in [0.4, 0.5) is 0 Å². The van der Waals surface area contributed by atoms with E-state index >= 15 is 0 Å². The molecular weight excluding hydrogens is 176 g/mol. The molecule has 14 heavy (non-hydrogen) atoms. The van der Waals surface area contributed by atoms with Crippen LogP contribution in [0, 0.1) is 6.92 Å². The van der Waals surface area contributed by atoms with Crippen molar-refractivity contribution in [2.24, 2.45) is 0 Å². The van der Waals surface area contributed by atoms with E-state index in [4.69, 9.17) is 0 Å². The topological polar surface area (TPSA) is 42.9 Å². The second-order valence-electron chi connectivity index (χ2n) is 3.89. The molecule has 1 aliphatic rings. The van der Waals surface area contributed by atoms with Crippen LogP contribution >= 0.6 is 0 Å². The Kier molecular flexibility index (Phi) is 2.57. The smallest absolute Gasteiger partial charge is 0.193 e. The maximum atomic E-state index is 10.6. The van der Waals surface area contributed by atoms with Crippen molar-refractivity contribution >= 4 is 6.29 Å². The van der Waals surface area contributed by atoms with Crippen LogP contribution in [-0.4, -0.2) is 16.3 Å². The molecule has 1 heterocycles. The minimum atomic E-state index is 0.326. The van der Waals surface area contributed by atoms with Crippen LogP contribution in [0.1, 0.15) is 53.6 Å². The number of aryl methyl sites for hydroxylation is 1. The van der Waals surface area contributed by atoms with Gasteiger partial charge in [-0.1, -0.05) is 12.8 Å². The Morgan fingerprint density at radius 2 is 2.07 bits per heavy atom. The van der Waals surface area contributed by atoms with Crippen LogP contribution in [0.2, 0.25) is 0 Å². The molecule has 3 heteroatoms. The zero-order valence-electron chi connectivity index (χ0n) is 8.36. The maximum absolute atomic E-state index is 10.6. The summed E-state index contributed by atoms with van der Waals surface area (Å²) < 4.78 is 0. The number of rotatable bonds is 2. The first-order valence-corrected chi connectivity index (χ1v) is 5.10. The lowest BCUT2D eigenvalue weighted by Crippen LogP contribution is -2.03. The number of nitrogens with zero attached hydrogens (tertiary/aromatic N) is 2. The van der Waals surface area contributed by atoms with E-state index in [1.807, 2.05) is 13.0 Å². The summed E-state index contributed by atoms with van der Waals surface area (Å²) in [5.41, 5.74) is 1.95. The van der Waals surface area contributed by atoms with Gasteiger partial charge in [0.05, 0.1) is 0 Å². The van der Waals surface area contributed by atoms with Gasteiger partial charge in [0.1, 0.15) is 0 Å². The van der Waals surface area contributed by atoms with Gasteiger partial charge >= 0.3 is 0 Å². The van der Waals surface area contributed by atoms with Gasteiger partial charge in [0.25, 0.3) is 0 Å². The van der Waals surface area contributed by atoms with Gasteiger partial charge in [-0.3, -0.25) is 4.79 Å². The van der Waals surface area contributed by atoms with Crippen LogP contribution in [0.15, 0.2) is 6.07 Å². The molecule has 0 saturated heterocycles. The van der Waals surface area contributed by atoms with Gasteiger partial charge in [-0.2, -0.15) is 0 Å². The molecule has 74 valence electrons. The van der Waals surface area contributed by atoms with Gasteiger partial charge in [0.2, 0.25) is 0 Å². The monoisotopic (exact) mass is 190 g/mol. The van der Waals surface area contributed by atoms with E-state index < -0.39 is 0 Å². The number of carbonyl (C=O) groups excluding carboxylic acids is 1. The standard InChI is InChI=1S/C11H14N2O/c1-8-6-10(9-4-2-3-5-9)13-11(7-14)12-8/h6-7,9H,2-5H2,1H3. The Morgan fingerprint density at radius 3 is 2.71 bits per heavy atom. The lowest BCUT2D eigenvalue weighted by molar-refractivity contribution is 0.111. The lowest BCUT2D eigenvalue weighted by Gasteiger charge is -2.08. The summed E-state index contributed by atoms with van der Waals surface area (Å²) in [7, 11) is 0. The first kappa shape index (κ1) is 9.31. The summed E-state index contributed by atoms with van der Waals surface area (Å²) >= 11 is 0. The highest BCUT2D eigenvalue weighted by Gasteiger charge is 2.19. The molecule has 0 bridgehead atoms. The van der Waals surface area contributed by atoms with Gasteiger partial charge in [-0.25, -0.2) is 9.97 Å². The quantitative estimate of drug-likeness (QED) is 0.672. The van der Waals surface area contributed by atoms with E-state index in [-0.39, 0.29) is 0 Å². The molecule has 0 unspecified atom stereocenters. The van der Waals surface area contributed by atoms with E-state index in [2.05, 4.69) is 9.97 Å². The van der Waals surface area contributed by atoms with Gasteiger partial charge in [0.15, 0.2) is 12.1 Å². The molecule has 0 amide bonds. The predicted molar refractivity (Wildman–Crippen MR) is 53.4 cm³/mol. The van der Waals surface area contributed by atoms with Crippen molar-refractivity contribution in [3.63, 3.8) is 0 Å². The number of hydrogen-bond acceptors (Lipinski definition) is 3. The van der Waals surface area contributed by atoms with Crippen LogP contribution in [-0.2, 0) is 0 Å². The molecule has 0 spiro atoms. The molecule has 1 aromatic rings. The molecule has 1 fully saturated rings. The van der Waals surface area contributed by atoms with Crippen LogP contribution in [0.25, 0.3) is 0 Å². The largest absolute Gasteiger partial charge is 0.294 e. The third-order valence-electron chi connectivity index (χ3n) is 2.77. The summed E-state index contributed by atoms with van der Waals surface area (Å²) in [6, 6.07) is 2.00. The Bertz CT molecular complexity index is 343. The fourth-order valence-electron chi connectivity index (χ4n) is 2.10. The highest BCUT2D eigenvalue weighted by molar-refractivity contribution is 5.68. The minimum Gasteiger partial charge on any atom is -0.294 e. The molecular formula is C11H14N2O. The van der Waals surface area contributed by atoms with Crippen molar-refractivity contribution < 1.29 is 4.79 Å². The second kappa shape index (κ2) is 3.86. The molecule has 1 aliphatic carbocycles. The summed E-state index contributed by atoms with van der Waals surface area (Å²) in [5, 5.41) is 0. The van der Waals surface area contributed by atoms with Gasteiger partial charge in [0, 0.05) is 17.3 Å². The zero-order chi connectivity index (χ0) is 9.97. The van der Waals surface area contributed by atoms with Crippen molar-refractivity contribution in [3.05, 3.63) is 23.3 Å². The normalized spacial score (nSPS) is 17.2. The molecule has 3 nitrogen and oxygen atoms in total. The maximum Gasteiger partial charge on any atom is 0.193 e. The number of hydrogen-bond donors (Lipinski definition) is 0. The van der Waals surface area contributed by atoms with Crippen LogP contribution in [0.5, 0.6) is 0 Å². The van der Waals surface area contributed by atoms with E-state index in [9.17, 15) is 4.79 Å². The third-order valence-corrected chi connectivity index (χ3v) is 2.77. The predicted octanol–water partition coefficient (Wildman–Crippen LogP) is 2.26. The van der Waals surface area contributed by atoms with E-state index in [0.29, 0.717) is 11.7 Å². The Balaban J connectivity index is 2.31. The summed E-state index contributed by atoms with van der Waals surface area (Å²) in [6.07, 6.45) is 5.70. The third kappa shape index (κ3) is 1.81. The van der Waals surface area contributed by atoms with Crippen molar-refractivity contribution in [2.75, 3.05) is 0 Å². The van der Waals surface area contributed by atoms with E-state index in [1.54, 1.807) is 0 Å². The molecule has 0 N–H and O–H groups in total. The Morgan fingerprint density at radius 1 is 1.36 bits per heavy atom.